The van der Waals surface area contributed by atoms with Crippen LogP contribution in [0.2, 0.25) is 0 Å². The Labute approximate surface area is 208 Å². The fraction of sp³-hybridized carbons (Fsp3) is 0.760. The molecule has 0 atom stereocenters. The van der Waals surface area contributed by atoms with Gasteiger partial charge in [-0.1, -0.05) is 0 Å². The number of aromatic nitrogens is 2. The highest BCUT2D eigenvalue weighted by Gasteiger charge is 2.28. The molecule has 2 aliphatic rings. The van der Waals surface area contributed by atoms with Gasteiger partial charge in [-0.2, -0.15) is 0 Å². The molecule has 0 radical (unpaired) electrons. The van der Waals surface area contributed by atoms with E-state index in [-0.39, 0.29) is 36.5 Å². The van der Waals surface area contributed by atoms with E-state index in [0.29, 0.717) is 37.7 Å². The lowest BCUT2D eigenvalue weighted by Crippen LogP contribution is -2.42. The minimum atomic E-state index is -0.509. The Kier molecular flexibility index (Phi) is 9.02. The summed E-state index contributed by atoms with van der Waals surface area (Å²) in [7, 11) is 0. The summed E-state index contributed by atoms with van der Waals surface area (Å²) in [5, 5.41) is 2.95. The minimum Gasteiger partial charge on any atom is -0.474 e. The zero-order chi connectivity index (χ0) is 25.6. The van der Waals surface area contributed by atoms with E-state index in [4.69, 9.17) is 18.9 Å². The van der Waals surface area contributed by atoms with Gasteiger partial charge in [-0.3, -0.25) is 0 Å². The molecule has 2 fully saturated rings. The molecule has 1 saturated heterocycles. The molecule has 1 aliphatic heterocycles. The molecule has 0 aromatic carbocycles. The number of ether oxygens (including phenoxy) is 4. The van der Waals surface area contributed by atoms with Crippen LogP contribution in [-0.4, -0.2) is 70.1 Å². The number of alkyl carbamates (subject to hydrolysis) is 1. The number of nitrogens with zero attached hydrogens (tertiary/aromatic N) is 3. The summed E-state index contributed by atoms with van der Waals surface area (Å²) < 4.78 is 23.0. The Morgan fingerprint density at radius 1 is 0.971 bits per heavy atom. The van der Waals surface area contributed by atoms with Gasteiger partial charge in [-0.15, -0.1) is 0 Å². The fourth-order valence-corrected chi connectivity index (χ4v) is 4.20. The Hall–Kier alpha value is -2.78. The summed E-state index contributed by atoms with van der Waals surface area (Å²) in [6, 6.07) is 0.0822. The molecule has 2 amide bonds. The van der Waals surface area contributed by atoms with Gasteiger partial charge in [0, 0.05) is 32.0 Å². The van der Waals surface area contributed by atoms with Crippen LogP contribution in [0.15, 0.2) is 6.33 Å². The number of hydrogen-bond acceptors (Lipinski definition) is 8. The van der Waals surface area contributed by atoms with Crippen molar-refractivity contribution < 1.29 is 28.5 Å². The van der Waals surface area contributed by atoms with Gasteiger partial charge in [0.05, 0.1) is 11.7 Å². The molecule has 10 heteroatoms. The van der Waals surface area contributed by atoms with Crippen molar-refractivity contribution in [2.24, 2.45) is 0 Å². The molecule has 2 heterocycles. The van der Waals surface area contributed by atoms with Gasteiger partial charge in [0.15, 0.2) is 0 Å². The largest absolute Gasteiger partial charge is 0.474 e. The second-order valence-electron chi connectivity index (χ2n) is 10.6. The van der Waals surface area contributed by atoms with E-state index in [2.05, 4.69) is 15.3 Å². The Morgan fingerprint density at radius 3 is 2.03 bits per heavy atom. The van der Waals surface area contributed by atoms with Gasteiger partial charge in [0.1, 0.15) is 24.1 Å². The maximum atomic E-state index is 12.1. The first-order valence-corrected chi connectivity index (χ1v) is 12.6. The minimum absolute atomic E-state index is 0.0170. The average molecular weight is 493 g/mol. The maximum Gasteiger partial charge on any atom is 0.410 e. The van der Waals surface area contributed by atoms with Crippen LogP contribution < -0.4 is 14.8 Å². The van der Waals surface area contributed by atoms with Crippen molar-refractivity contribution in [1.29, 1.82) is 0 Å². The highest BCUT2D eigenvalue weighted by molar-refractivity contribution is 5.68. The molecule has 10 nitrogen and oxygen atoms in total. The number of nitrogens with one attached hydrogen (secondary N) is 1. The summed E-state index contributed by atoms with van der Waals surface area (Å²) in [6.07, 6.45) is 5.33. The SMILES string of the molecule is Cc1c(OC2CCC(NC(=O)OC(C)(C)C)CC2)ncnc1OC1CCN(C(=O)OC(C)C)CC1. The smallest absolute Gasteiger partial charge is 0.410 e. The third-order valence-electron chi connectivity index (χ3n) is 5.98. The first-order valence-electron chi connectivity index (χ1n) is 12.6. The van der Waals surface area contributed by atoms with Crippen LogP contribution in [0.3, 0.4) is 0 Å². The van der Waals surface area contributed by atoms with Crippen molar-refractivity contribution in [1.82, 2.24) is 20.2 Å². The Morgan fingerprint density at radius 2 is 1.51 bits per heavy atom. The predicted octanol–water partition coefficient (Wildman–Crippen LogP) is 4.39. The summed E-state index contributed by atoms with van der Waals surface area (Å²) >= 11 is 0. The van der Waals surface area contributed by atoms with Gasteiger partial charge < -0.3 is 29.2 Å². The maximum absolute atomic E-state index is 12.1. The van der Waals surface area contributed by atoms with Gasteiger partial charge in [-0.25, -0.2) is 19.6 Å². The summed E-state index contributed by atoms with van der Waals surface area (Å²) in [5.41, 5.74) is 0.258. The molecule has 0 bridgehead atoms. The third-order valence-corrected chi connectivity index (χ3v) is 5.98. The van der Waals surface area contributed by atoms with Crippen LogP contribution in [0.4, 0.5) is 9.59 Å². The molecule has 1 aliphatic carbocycles. The topological polar surface area (TPSA) is 112 Å². The highest BCUT2D eigenvalue weighted by atomic mass is 16.6. The number of piperidine rings is 1. The van der Waals surface area contributed by atoms with Crippen molar-refractivity contribution in [2.75, 3.05) is 13.1 Å². The van der Waals surface area contributed by atoms with E-state index in [1.165, 1.54) is 6.33 Å². The van der Waals surface area contributed by atoms with Crippen LogP contribution in [0, 0.1) is 6.92 Å². The van der Waals surface area contributed by atoms with Gasteiger partial charge in [0.2, 0.25) is 11.8 Å². The molecule has 0 spiro atoms. The molecular weight excluding hydrogens is 452 g/mol. The molecule has 35 heavy (non-hydrogen) atoms. The lowest BCUT2D eigenvalue weighted by atomic mass is 9.93. The number of amides is 2. The van der Waals surface area contributed by atoms with Gasteiger partial charge in [0.25, 0.3) is 0 Å². The molecular formula is C25H40N4O6. The number of rotatable bonds is 6. The second kappa shape index (κ2) is 11.8. The normalized spacial score (nSPS) is 21.4. The van der Waals surface area contributed by atoms with Crippen LogP contribution in [0.5, 0.6) is 11.8 Å². The summed E-state index contributed by atoms with van der Waals surface area (Å²) in [4.78, 5) is 34.5. The molecule has 1 aromatic heterocycles. The van der Waals surface area contributed by atoms with Crippen LogP contribution in [0.25, 0.3) is 0 Å². The standard InChI is InChI=1S/C25H40N4O6/c1-16(2)32-24(31)29-13-11-20(12-14-29)34-22-17(3)21(26-15-27-22)33-19-9-7-18(8-10-19)28-23(30)35-25(4,5)6/h15-16,18-20H,7-14H2,1-6H3,(H,28,30). The van der Waals surface area contributed by atoms with Crippen molar-refractivity contribution in [3.8, 4) is 11.8 Å². The van der Waals surface area contributed by atoms with Crippen molar-refractivity contribution in [3.63, 3.8) is 0 Å². The van der Waals surface area contributed by atoms with Gasteiger partial charge in [-0.05, 0) is 67.2 Å². The van der Waals surface area contributed by atoms with E-state index >= 15 is 0 Å². The number of hydrogen-bond donors (Lipinski definition) is 1. The zero-order valence-electron chi connectivity index (χ0n) is 21.8. The van der Waals surface area contributed by atoms with Crippen molar-refractivity contribution in [3.05, 3.63) is 11.9 Å². The molecule has 1 saturated carbocycles. The number of carbonyl (C=O) groups excluding carboxylic acids is 2. The monoisotopic (exact) mass is 492 g/mol. The zero-order valence-corrected chi connectivity index (χ0v) is 21.8. The molecule has 3 rings (SSSR count). The molecule has 196 valence electrons. The Balaban J connectivity index is 1.46. The van der Waals surface area contributed by atoms with Gasteiger partial charge >= 0.3 is 12.2 Å². The predicted molar refractivity (Wildman–Crippen MR) is 130 cm³/mol. The molecule has 0 unspecified atom stereocenters. The van der Waals surface area contributed by atoms with Crippen LogP contribution in [0.1, 0.15) is 78.7 Å². The molecule has 1 aromatic rings. The number of likely N-dealkylation sites (tertiary alicyclic amines) is 1. The van der Waals surface area contributed by atoms with Crippen LogP contribution >= 0.6 is 0 Å². The van der Waals surface area contributed by atoms with Crippen molar-refractivity contribution >= 4 is 12.2 Å². The lowest BCUT2D eigenvalue weighted by molar-refractivity contribution is 0.0461. The van der Waals surface area contributed by atoms with Crippen LogP contribution in [-0.2, 0) is 9.47 Å². The van der Waals surface area contributed by atoms with E-state index in [9.17, 15) is 9.59 Å². The van der Waals surface area contributed by atoms with E-state index in [1.54, 1.807) is 4.90 Å². The Bertz CT molecular complexity index is 856. The number of carbonyl (C=O) groups is 2. The first kappa shape index (κ1) is 26.8. The first-order chi connectivity index (χ1) is 16.5. The van der Waals surface area contributed by atoms with E-state index < -0.39 is 5.60 Å². The molecule has 1 N–H and O–H groups in total. The quantitative estimate of drug-likeness (QED) is 0.622. The third kappa shape index (κ3) is 8.43. The lowest BCUT2D eigenvalue weighted by Gasteiger charge is -2.32. The van der Waals surface area contributed by atoms with Crippen molar-refractivity contribution in [2.45, 2.75) is 110 Å². The second-order valence-corrected chi connectivity index (χ2v) is 10.6. The fourth-order valence-electron chi connectivity index (χ4n) is 4.20. The average Bonchev–Trinajstić information content (AvgIpc) is 2.76. The summed E-state index contributed by atoms with van der Waals surface area (Å²) in [6.45, 7) is 12.3. The van der Waals surface area contributed by atoms with E-state index in [1.807, 2.05) is 41.5 Å². The summed E-state index contributed by atoms with van der Waals surface area (Å²) in [5.74, 6) is 1.04. The highest BCUT2D eigenvalue weighted by Crippen LogP contribution is 2.29. The van der Waals surface area contributed by atoms with E-state index in [0.717, 1.165) is 31.2 Å².